The Morgan fingerprint density at radius 2 is 2.40 bits per heavy atom. The summed E-state index contributed by atoms with van der Waals surface area (Å²) in [5, 5.41) is 0. The van der Waals surface area contributed by atoms with Gasteiger partial charge in [-0.25, -0.2) is 0 Å². The third kappa shape index (κ3) is 1.42. The van der Waals surface area contributed by atoms with E-state index in [1.54, 1.807) is 13.1 Å². The molecule has 0 saturated carbocycles. The molecule has 0 atom stereocenters. The van der Waals surface area contributed by atoms with Crippen LogP contribution in [0.25, 0.3) is 0 Å². The number of aryl methyl sites for hydroxylation is 1. The van der Waals surface area contributed by atoms with Crippen LogP contribution in [0.3, 0.4) is 0 Å². The van der Waals surface area contributed by atoms with Gasteiger partial charge < -0.3 is 4.98 Å². The van der Waals surface area contributed by atoms with E-state index in [1.165, 1.54) is 0 Å². The Balaban J connectivity index is 3.17. The van der Waals surface area contributed by atoms with Gasteiger partial charge in [0.25, 0.3) is 5.56 Å². The standard InChI is InChI=1S/C7H9NOS/c1-5-2-6(4-10)3-8-7(5)9/h2-3,10H,4H2,1H3,(H,8,9). The average molecular weight is 155 g/mol. The highest BCUT2D eigenvalue weighted by molar-refractivity contribution is 7.79. The summed E-state index contributed by atoms with van der Waals surface area (Å²) in [5.74, 6) is 0.664. The lowest BCUT2D eigenvalue weighted by molar-refractivity contribution is 1.14. The lowest BCUT2D eigenvalue weighted by Gasteiger charge is -1.94. The fraction of sp³-hybridized carbons (Fsp3) is 0.286. The van der Waals surface area contributed by atoms with Crippen molar-refractivity contribution in [2.45, 2.75) is 12.7 Å². The SMILES string of the molecule is Cc1cc(CS)c[nH]c1=O. The molecule has 0 aliphatic heterocycles. The predicted molar refractivity (Wildman–Crippen MR) is 44.5 cm³/mol. The quantitative estimate of drug-likeness (QED) is 0.585. The molecule has 1 aromatic heterocycles. The molecule has 1 rings (SSSR count). The van der Waals surface area contributed by atoms with Crippen molar-refractivity contribution < 1.29 is 0 Å². The molecule has 0 aromatic carbocycles. The van der Waals surface area contributed by atoms with E-state index in [9.17, 15) is 4.79 Å². The van der Waals surface area contributed by atoms with E-state index in [4.69, 9.17) is 0 Å². The first kappa shape index (κ1) is 7.41. The van der Waals surface area contributed by atoms with Crippen molar-refractivity contribution in [3.8, 4) is 0 Å². The minimum atomic E-state index is -0.0227. The molecule has 1 N–H and O–H groups in total. The molecule has 2 nitrogen and oxygen atoms in total. The molecular weight excluding hydrogens is 146 g/mol. The highest BCUT2D eigenvalue weighted by Crippen LogP contribution is 1.99. The van der Waals surface area contributed by atoms with E-state index in [-0.39, 0.29) is 5.56 Å². The van der Waals surface area contributed by atoms with Crippen molar-refractivity contribution in [1.29, 1.82) is 0 Å². The first-order valence-corrected chi connectivity index (χ1v) is 3.66. The summed E-state index contributed by atoms with van der Waals surface area (Å²) in [5.41, 5.74) is 1.76. The third-order valence-electron chi connectivity index (χ3n) is 1.33. The second kappa shape index (κ2) is 2.92. The van der Waals surface area contributed by atoms with E-state index < -0.39 is 0 Å². The Hall–Kier alpha value is -0.700. The molecule has 0 aliphatic carbocycles. The van der Waals surface area contributed by atoms with Crippen molar-refractivity contribution in [3.05, 3.63) is 33.7 Å². The summed E-state index contributed by atoms with van der Waals surface area (Å²) in [4.78, 5) is 13.4. The Morgan fingerprint density at radius 3 is 2.90 bits per heavy atom. The van der Waals surface area contributed by atoms with Gasteiger partial charge in [-0.15, -0.1) is 0 Å². The van der Waals surface area contributed by atoms with Crippen molar-refractivity contribution >= 4 is 12.6 Å². The first-order valence-electron chi connectivity index (χ1n) is 3.03. The van der Waals surface area contributed by atoms with E-state index in [0.29, 0.717) is 5.75 Å². The summed E-state index contributed by atoms with van der Waals surface area (Å²) >= 11 is 4.07. The number of aromatic nitrogens is 1. The molecule has 54 valence electrons. The number of rotatable bonds is 1. The lowest BCUT2D eigenvalue weighted by Crippen LogP contribution is -2.08. The van der Waals surface area contributed by atoms with Crippen molar-refractivity contribution in [3.63, 3.8) is 0 Å². The molecule has 10 heavy (non-hydrogen) atoms. The number of aromatic amines is 1. The second-order valence-electron chi connectivity index (χ2n) is 2.18. The molecule has 0 spiro atoms. The molecule has 0 saturated heterocycles. The van der Waals surface area contributed by atoms with Crippen LogP contribution >= 0.6 is 12.6 Å². The number of thiol groups is 1. The highest BCUT2D eigenvalue weighted by Gasteiger charge is 1.92. The predicted octanol–water partition coefficient (Wildman–Crippen LogP) is 1.11. The summed E-state index contributed by atoms with van der Waals surface area (Å²) in [7, 11) is 0. The van der Waals surface area contributed by atoms with Crippen LogP contribution in [0.5, 0.6) is 0 Å². The van der Waals surface area contributed by atoms with Crippen LogP contribution in [0.2, 0.25) is 0 Å². The van der Waals surface area contributed by atoms with Gasteiger partial charge in [0.15, 0.2) is 0 Å². The van der Waals surface area contributed by atoms with Crippen LogP contribution in [-0.2, 0) is 5.75 Å². The maximum Gasteiger partial charge on any atom is 0.250 e. The second-order valence-corrected chi connectivity index (χ2v) is 2.49. The van der Waals surface area contributed by atoms with Crippen LogP contribution in [-0.4, -0.2) is 4.98 Å². The zero-order valence-corrected chi connectivity index (χ0v) is 6.61. The molecule has 0 aliphatic rings. The van der Waals surface area contributed by atoms with Crippen molar-refractivity contribution in [2.24, 2.45) is 0 Å². The van der Waals surface area contributed by atoms with Crippen molar-refractivity contribution in [2.75, 3.05) is 0 Å². The van der Waals surface area contributed by atoms with Crippen LogP contribution < -0.4 is 5.56 Å². The summed E-state index contributed by atoms with van der Waals surface area (Å²) < 4.78 is 0. The Labute approximate surface area is 64.7 Å². The fourth-order valence-electron chi connectivity index (χ4n) is 0.749. The largest absolute Gasteiger partial charge is 0.329 e. The highest BCUT2D eigenvalue weighted by atomic mass is 32.1. The van der Waals surface area contributed by atoms with Gasteiger partial charge in [-0.1, -0.05) is 0 Å². The smallest absolute Gasteiger partial charge is 0.250 e. The molecule has 0 fully saturated rings. The van der Waals surface area contributed by atoms with Gasteiger partial charge in [0.1, 0.15) is 0 Å². The number of hydrogen-bond donors (Lipinski definition) is 2. The molecule has 0 unspecified atom stereocenters. The van der Waals surface area contributed by atoms with Crippen molar-refractivity contribution in [1.82, 2.24) is 4.98 Å². The minimum Gasteiger partial charge on any atom is -0.329 e. The molecule has 3 heteroatoms. The van der Waals surface area contributed by atoms with E-state index >= 15 is 0 Å². The molecule has 1 aromatic rings. The first-order chi connectivity index (χ1) is 4.74. The topological polar surface area (TPSA) is 32.9 Å². The molecule has 0 radical (unpaired) electrons. The van der Waals surface area contributed by atoms with Crippen LogP contribution in [0.1, 0.15) is 11.1 Å². The molecular formula is C7H9NOS. The Kier molecular flexibility index (Phi) is 2.17. The molecule has 0 bridgehead atoms. The lowest BCUT2D eigenvalue weighted by atomic mass is 10.2. The van der Waals surface area contributed by atoms with Gasteiger partial charge in [0.2, 0.25) is 0 Å². The van der Waals surface area contributed by atoms with Gasteiger partial charge >= 0.3 is 0 Å². The Morgan fingerprint density at radius 1 is 1.70 bits per heavy atom. The summed E-state index contributed by atoms with van der Waals surface area (Å²) in [6.45, 7) is 1.78. The van der Waals surface area contributed by atoms with Gasteiger partial charge in [-0.2, -0.15) is 12.6 Å². The van der Waals surface area contributed by atoms with Crippen LogP contribution in [0.15, 0.2) is 17.1 Å². The Bertz CT molecular complexity index is 279. The van der Waals surface area contributed by atoms with Crippen LogP contribution in [0, 0.1) is 6.92 Å². The third-order valence-corrected chi connectivity index (χ3v) is 1.70. The number of H-pyrrole nitrogens is 1. The number of hydrogen-bond acceptors (Lipinski definition) is 2. The van der Waals surface area contributed by atoms with Crippen LogP contribution in [0.4, 0.5) is 0 Å². The normalized spacial score (nSPS) is 9.80. The van der Waals surface area contributed by atoms with Gasteiger partial charge in [-0.05, 0) is 18.6 Å². The van der Waals surface area contributed by atoms with E-state index in [0.717, 1.165) is 11.1 Å². The number of pyridine rings is 1. The number of nitrogens with one attached hydrogen (secondary N) is 1. The summed E-state index contributed by atoms with van der Waals surface area (Å²) in [6.07, 6.45) is 1.68. The molecule has 0 amide bonds. The minimum absolute atomic E-state index is 0.0227. The average Bonchev–Trinajstić information content (AvgIpc) is 1.95. The fourth-order valence-corrected chi connectivity index (χ4v) is 0.931. The van der Waals surface area contributed by atoms with Gasteiger partial charge in [-0.3, -0.25) is 4.79 Å². The zero-order valence-electron chi connectivity index (χ0n) is 5.72. The summed E-state index contributed by atoms with van der Waals surface area (Å²) in [6, 6.07) is 1.84. The van der Waals surface area contributed by atoms with Gasteiger partial charge in [0, 0.05) is 17.5 Å². The van der Waals surface area contributed by atoms with E-state index in [2.05, 4.69) is 17.6 Å². The maximum absolute atomic E-state index is 10.8. The zero-order chi connectivity index (χ0) is 7.56. The van der Waals surface area contributed by atoms with E-state index in [1.807, 2.05) is 6.07 Å². The molecule has 1 heterocycles. The monoisotopic (exact) mass is 155 g/mol. The maximum atomic E-state index is 10.8. The van der Waals surface area contributed by atoms with Gasteiger partial charge in [0.05, 0.1) is 0 Å².